The average molecular weight is 345 g/mol. The van der Waals surface area contributed by atoms with Crippen molar-refractivity contribution in [3.63, 3.8) is 0 Å². The molecule has 0 spiro atoms. The minimum absolute atomic E-state index is 0.115. The summed E-state index contributed by atoms with van der Waals surface area (Å²) in [4.78, 5) is 40.1. The Morgan fingerprint density at radius 1 is 1.00 bits per heavy atom. The van der Waals surface area contributed by atoms with Gasteiger partial charge in [0.25, 0.3) is 5.91 Å². The predicted octanol–water partition coefficient (Wildman–Crippen LogP) is 1.46. The largest absolute Gasteiger partial charge is 0.368 e. The van der Waals surface area contributed by atoms with Gasteiger partial charge in [0.15, 0.2) is 0 Å². The van der Waals surface area contributed by atoms with Gasteiger partial charge >= 0.3 is 0 Å². The molecular formula is C19H27N3O3. The summed E-state index contributed by atoms with van der Waals surface area (Å²) < 4.78 is 0. The van der Waals surface area contributed by atoms with E-state index in [9.17, 15) is 14.4 Å². The molecule has 1 aromatic carbocycles. The van der Waals surface area contributed by atoms with Crippen molar-refractivity contribution in [1.82, 2.24) is 10.2 Å². The fraction of sp³-hybridized carbons (Fsp3) is 0.526. The van der Waals surface area contributed by atoms with Crippen LogP contribution in [0.1, 0.15) is 26.7 Å². The number of benzene rings is 1. The number of amides is 2. The number of nitrogens with zero attached hydrogens (tertiary/aromatic N) is 2. The van der Waals surface area contributed by atoms with Crippen LogP contribution in [0.2, 0.25) is 0 Å². The van der Waals surface area contributed by atoms with E-state index in [1.54, 1.807) is 4.90 Å². The third-order valence-electron chi connectivity index (χ3n) is 4.73. The fourth-order valence-electron chi connectivity index (χ4n) is 3.05. The molecule has 25 heavy (non-hydrogen) atoms. The van der Waals surface area contributed by atoms with Crippen molar-refractivity contribution in [2.24, 2.45) is 5.92 Å². The van der Waals surface area contributed by atoms with Gasteiger partial charge < -0.3 is 15.1 Å². The van der Waals surface area contributed by atoms with Crippen LogP contribution in [0.4, 0.5) is 5.69 Å². The first-order chi connectivity index (χ1) is 12.1. The number of anilines is 1. The maximum absolute atomic E-state index is 12.3. The summed E-state index contributed by atoms with van der Waals surface area (Å²) in [6, 6.07) is 10.1. The Morgan fingerprint density at radius 3 is 2.16 bits per heavy atom. The molecule has 1 aromatic rings. The highest BCUT2D eigenvalue weighted by Gasteiger charge is 2.25. The van der Waals surface area contributed by atoms with E-state index < -0.39 is 11.7 Å². The van der Waals surface area contributed by atoms with Crippen molar-refractivity contribution < 1.29 is 14.4 Å². The van der Waals surface area contributed by atoms with Gasteiger partial charge in [-0.05, 0) is 25.0 Å². The van der Waals surface area contributed by atoms with Crippen LogP contribution in [0.3, 0.4) is 0 Å². The van der Waals surface area contributed by atoms with Gasteiger partial charge in [0, 0.05) is 37.8 Å². The lowest BCUT2D eigenvalue weighted by atomic mass is 9.98. The van der Waals surface area contributed by atoms with Crippen LogP contribution in [-0.4, -0.2) is 55.2 Å². The summed E-state index contributed by atoms with van der Waals surface area (Å²) in [6.07, 6.45) is 1.27. The Kier molecular flexibility index (Phi) is 6.98. The predicted molar refractivity (Wildman–Crippen MR) is 97.3 cm³/mol. The van der Waals surface area contributed by atoms with Crippen LogP contribution >= 0.6 is 0 Å². The van der Waals surface area contributed by atoms with Gasteiger partial charge in [-0.1, -0.05) is 32.0 Å². The van der Waals surface area contributed by atoms with E-state index in [0.29, 0.717) is 25.9 Å². The standard InChI is InChI=1S/C19H27N3O3/c1-3-15(4-2)18(24)19(25)20-14-17(23)22-12-10-21(11-13-22)16-8-6-5-7-9-16/h5-9,15H,3-4,10-14H2,1-2H3,(H,20,25). The van der Waals surface area contributed by atoms with Crippen LogP contribution in [0.15, 0.2) is 30.3 Å². The summed E-state index contributed by atoms with van der Waals surface area (Å²) >= 11 is 0. The van der Waals surface area contributed by atoms with Gasteiger partial charge in [-0.25, -0.2) is 0 Å². The number of Topliss-reactive ketones (excluding diaryl/α,β-unsaturated/α-hetero) is 1. The number of nitrogens with one attached hydrogen (secondary N) is 1. The molecule has 1 saturated heterocycles. The lowest BCUT2D eigenvalue weighted by Gasteiger charge is -2.36. The number of para-hydroxylation sites is 1. The van der Waals surface area contributed by atoms with Crippen molar-refractivity contribution in [3.8, 4) is 0 Å². The minimum Gasteiger partial charge on any atom is -0.368 e. The van der Waals surface area contributed by atoms with E-state index in [-0.39, 0.29) is 18.4 Å². The van der Waals surface area contributed by atoms with Gasteiger partial charge in [0.05, 0.1) is 6.54 Å². The molecule has 0 bridgehead atoms. The van der Waals surface area contributed by atoms with E-state index in [1.807, 2.05) is 32.0 Å². The Hall–Kier alpha value is -2.37. The second kappa shape index (κ2) is 9.20. The van der Waals surface area contributed by atoms with E-state index in [1.165, 1.54) is 0 Å². The number of hydrogen-bond acceptors (Lipinski definition) is 4. The molecule has 0 aromatic heterocycles. The van der Waals surface area contributed by atoms with Crippen LogP contribution in [0, 0.1) is 5.92 Å². The highest BCUT2D eigenvalue weighted by Crippen LogP contribution is 2.15. The highest BCUT2D eigenvalue weighted by atomic mass is 16.2. The number of ketones is 1. The molecule has 1 heterocycles. The van der Waals surface area contributed by atoms with Gasteiger partial charge in [-0.2, -0.15) is 0 Å². The van der Waals surface area contributed by atoms with Gasteiger partial charge in [-0.15, -0.1) is 0 Å². The molecular weight excluding hydrogens is 318 g/mol. The molecule has 1 fully saturated rings. The monoisotopic (exact) mass is 345 g/mol. The Bertz CT molecular complexity index is 591. The molecule has 6 heteroatoms. The zero-order valence-electron chi connectivity index (χ0n) is 15.0. The third kappa shape index (κ3) is 5.05. The summed E-state index contributed by atoms with van der Waals surface area (Å²) in [5.74, 6) is -1.47. The first kappa shape index (κ1) is 19.0. The van der Waals surface area contributed by atoms with E-state index in [4.69, 9.17) is 0 Å². The minimum atomic E-state index is -0.648. The topological polar surface area (TPSA) is 69.7 Å². The SMILES string of the molecule is CCC(CC)C(=O)C(=O)NCC(=O)N1CCN(c2ccccc2)CC1. The maximum atomic E-state index is 12.3. The number of hydrogen-bond donors (Lipinski definition) is 1. The van der Waals surface area contributed by atoms with Crippen LogP contribution in [0.5, 0.6) is 0 Å². The number of piperazine rings is 1. The summed E-state index contributed by atoms with van der Waals surface area (Å²) in [5.41, 5.74) is 1.15. The van der Waals surface area contributed by atoms with E-state index in [0.717, 1.165) is 18.8 Å². The molecule has 1 aliphatic heterocycles. The number of rotatable bonds is 7. The quantitative estimate of drug-likeness (QED) is 0.760. The Labute approximate surface area is 149 Å². The Balaban J connectivity index is 1.77. The molecule has 0 radical (unpaired) electrons. The van der Waals surface area contributed by atoms with E-state index >= 15 is 0 Å². The third-order valence-corrected chi connectivity index (χ3v) is 4.73. The van der Waals surface area contributed by atoms with Crippen molar-refractivity contribution in [1.29, 1.82) is 0 Å². The number of carbonyl (C=O) groups excluding carboxylic acids is 3. The summed E-state index contributed by atoms with van der Waals surface area (Å²) in [6.45, 7) is 6.41. The smallest absolute Gasteiger partial charge is 0.288 e. The molecule has 0 saturated carbocycles. The molecule has 136 valence electrons. The van der Waals surface area contributed by atoms with Crippen molar-refractivity contribution >= 4 is 23.3 Å². The molecule has 2 amide bonds. The molecule has 0 aliphatic carbocycles. The lowest BCUT2D eigenvalue weighted by molar-refractivity contribution is -0.141. The van der Waals surface area contributed by atoms with Crippen LogP contribution in [0.25, 0.3) is 0 Å². The fourth-order valence-corrected chi connectivity index (χ4v) is 3.05. The number of carbonyl (C=O) groups is 3. The van der Waals surface area contributed by atoms with Gasteiger partial charge in [0.1, 0.15) is 0 Å². The summed E-state index contributed by atoms with van der Waals surface area (Å²) in [5, 5.41) is 2.48. The molecule has 0 atom stereocenters. The second-order valence-electron chi connectivity index (χ2n) is 6.26. The molecule has 1 aliphatic rings. The average Bonchev–Trinajstić information content (AvgIpc) is 2.67. The molecule has 1 N–H and O–H groups in total. The van der Waals surface area contributed by atoms with E-state index in [2.05, 4.69) is 22.3 Å². The summed E-state index contributed by atoms with van der Waals surface area (Å²) in [7, 11) is 0. The van der Waals surface area contributed by atoms with Crippen molar-refractivity contribution in [3.05, 3.63) is 30.3 Å². The van der Waals surface area contributed by atoms with Gasteiger partial charge in [-0.3, -0.25) is 14.4 Å². The van der Waals surface area contributed by atoms with Crippen molar-refractivity contribution in [2.45, 2.75) is 26.7 Å². The molecule has 2 rings (SSSR count). The van der Waals surface area contributed by atoms with Crippen LogP contribution < -0.4 is 10.2 Å². The molecule has 0 unspecified atom stereocenters. The zero-order valence-corrected chi connectivity index (χ0v) is 15.0. The normalized spacial score (nSPS) is 14.5. The maximum Gasteiger partial charge on any atom is 0.288 e. The highest BCUT2D eigenvalue weighted by molar-refractivity contribution is 6.37. The Morgan fingerprint density at radius 2 is 1.60 bits per heavy atom. The van der Waals surface area contributed by atoms with Crippen LogP contribution in [-0.2, 0) is 14.4 Å². The second-order valence-corrected chi connectivity index (χ2v) is 6.26. The molecule has 6 nitrogen and oxygen atoms in total. The first-order valence-corrected chi connectivity index (χ1v) is 8.96. The first-order valence-electron chi connectivity index (χ1n) is 8.96. The zero-order chi connectivity index (χ0) is 18.2. The van der Waals surface area contributed by atoms with Crippen molar-refractivity contribution in [2.75, 3.05) is 37.6 Å². The lowest BCUT2D eigenvalue weighted by Crippen LogP contribution is -2.51. The van der Waals surface area contributed by atoms with Gasteiger partial charge in [0.2, 0.25) is 11.7 Å².